The number of thiophene rings is 1. The Labute approximate surface area is 154 Å². The second kappa shape index (κ2) is 6.59. The molecule has 5 nitrogen and oxygen atoms in total. The van der Waals surface area contributed by atoms with Crippen molar-refractivity contribution >= 4 is 32.1 Å². The predicted molar refractivity (Wildman–Crippen MR) is 101 cm³/mol. The lowest BCUT2D eigenvalue weighted by Gasteiger charge is -2.08. The van der Waals surface area contributed by atoms with Crippen molar-refractivity contribution in [2.75, 3.05) is 6.26 Å². The zero-order valence-electron chi connectivity index (χ0n) is 13.9. The van der Waals surface area contributed by atoms with Gasteiger partial charge in [0, 0.05) is 28.1 Å². The van der Waals surface area contributed by atoms with Crippen LogP contribution in [0.5, 0.6) is 5.88 Å². The number of sulfone groups is 1. The van der Waals surface area contributed by atoms with E-state index in [2.05, 4.69) is 4.98 Å². The van der Waals surface area contributed by atoms with Gasteiger partial charge in [0.15, 0.2) is 15.4 Å². The van der Waals surface area contributed by atoms with Gasteiger partial charge in [-0.15, -0.1) is 11.3 Å². The van der Waals surface area contributed by atoms with E-state index in [0.717, 1.165) is 15.8 Å². The monoisotopic (exact) mass is 385 g/mol. The van der Waals surface area contributed by atoms with Gasteiger partial charge in [-0.3, -0.25) is 0 Å². The maximum Gasteiger partial charge on any atom is 0.215 e. The molecule has 0 aliphatic carbocycles. The number of furan rings is 1. The highest BCUT2D eigenvalue weighted by Gasteiger charge is 2.14. The van der Waals surface area contributed by atoms with Gasteiger partial charge in [0.1, 0.15) is 12.3 Å². The van der Waals surface area contributed by atoms with E-state index in [1.807, 2.05) is 29.6 Å². The molecule has 0 fully saturated rings. The zero-order valence-corrected chi connectivity index (χ0v) is 15.5. The van der Waals surface area contributed by atoms with Gasteiger partial charge in [0.25, 0.3) is 0 Å². The highest BCUT2D eigenvalue weighted by atomic mass is 32.2. The SMILES string of the molecule is CS(=O)(=O)c1ccc(-c2nc(OCc3cccs3)cc3ccoc23)cc1. The zero-order chi connectivity index (χ0) is 18.1. The lowest BCUT2D eigenvalue weighted by atomic mass is 10.1. The lowest BCUT2D eigenvalue weighted by Crippen LogP contribution is -1.98. The van der Waals surface area contributed by atoms with Crippen molar-refractivity contribution in [2.45, 2.75) is 11.5 Å². The molecule has 1 aromatic carbocycles. The van der Waals surface area contributed by atoms with Gasteiger partial charge in [0.2, 0.25) is 5.88 Å². The predicted octanol–water partition coefficient (Wildman–Crippen LogP) is 4.54. The van der Waals surface area contributed by atoms with Crippen LogP contribution in [0.3, 0.4) is 0 Å². The van der Waals surface area contributed by atoms with Crippen LogP contribution in [0.25, 0.3) is 22.2 Å². The van der Waals surface area contributed by atoms with Gasteiger partial charge < -0.3 is 9.15 Å². The molecule has 26 heavy (non-hydrogen) atoms. The molecular formula is C19H15NO4S2. The van der Waals surface area contributed by atoms with Gasteiger partial charge in [-0.05, 0) is 29.6 Å². The molecule has 0 saturated carbocycles. The summed E-state index contributed by atoms with van der Waals surface area (Å²) in [6.45, 7) is 0.445. The van der Waals surface area contributed by atoms with E-state index < -0.39 is 9.84 Å². The molecule has 4 aromatic rings. The van der Waals surface area contributed by atoms with E-state index in [-0.39, 0.29) is 4.90 Å². The van der Waals surface area contributed by atoms with Crippen LogP contribution in [0.4, 0.5) is 0 Å². The van der Waals surface area contributed by atoms with E-state index in [0.29, 0.717) is 23.8 Å². The molecule has 0 amide bonds. The van der Waals surface area contributed by atoms with Gasteiger partial charge >= 0.3 is 0 Å². The third kappa shape index (κ3) is 3.36. The van der Waals surface area contributed by atoms with Crippen LogP contribution in [0.15, 0.2) is 69.5 Å². The average Bonchev–Trinajstić information content (AvgIpc) is 3.30. The number of ether oxygens (including phenoxy) is 1. The lowest BCUT2D eigenvalue weighted by molar-refractivity contribution is 0.298. The van der Waals surface area contributed by atoms with Crippen molar-refractivity contribution in [3.05, 3.63) is 65.1 Å². The highest BCUT2D eigenvalue weighted by molar-refractivity contribution is 7.90. The van der Waals surface area contributed by atoms with Crippen molar-refractivity contribution in [3.8, 4) is 17.1 Å². The molecule has 0 radical (unpaired) electrons. The van der Waals surface area contributed by atoms with Crippen molar-refractivity contribution in [2.24, 2.45) is 0 Å². The summed E-state index contributed by atoms with van der Waals surface area (Å²) in [6, 6.07) is 14.3. The Morgan fingerprint density at radius 2 is 1.96 bits per heavy atom. The summed E-state index contributed by atoms with van der Waals surface area (Å²) in [7, 11) is -3.24. The van der Waals surface area contributed by atoms with Crippen molar-refractivity contribution in [1.29, 1.82) is 0 Å². The van der Waals surface area contributed by atoms with Crippen molar-refractivity contribution in [3.63, 3.8) is 0 Å². The minimum Gasteiger partial charge on any atom is -0.472 e. The fraction of sp³-hybridized carbons (Fsp3) is 0.105. The minimum absolute atomic E-state index is 0.266. The first-order chi connectivity index (χ1) is 12.5. The Morgan fingerprint density at radius 1 is 1.15 bits per heavy atom. The second-order valence-corrected chi connectivity index (χ2v) is 8.86. The normalized spacial score (nSPS) is 11.7. The number of benzene rings is 1. The number of aromatic nitrogens is 1. The fourth-order valence-electron chi connectivity index (χ4n) is 2.62. The van der Waals surface area contributed by atoms with E-state index in [4.69, 9.17) is 9.15 Å². The van der Waals surface area contributed by atoms with Crippen LogP contribution in [0, 0.1) is 0 Å². The first-order valence-electron chi connectivity index (χ1n) is 7.84. The van der Waals surface area contributed by atoms with E-state index in [1.165, 1.54) is 6.26 Å². The third-order valence-corrected chi connectivity index (χ3v) is 5.89. The van der Waals surface area contributed by atoms with Gasteiger partial charge in [-0.2, -0.15) is 0 Å². The van der Waals surface area contributed by atoms with Crippen LogP contribution in [-0.2, 0) is 16.4 Å². The van der Waals surface area contributed by atoms with Crippen LogP contribution < -0.4 is 4.74 Å². The molecule has 4 rings (SSSR count). The third-order valence-electron chi connectivity index (χ3n) is 3.91. The number of hydrogen-bond acceptors (Lipinski definition) is 6. The molecule has 0 spiro atoms. The molecule has 0 bridgehead atoms. The molecule has 0 aliphatic rings. The summed E-state index contributed by atoms with van der Waals surface area (Å²) in [6.07, 6.45) is 2.79. The van der Waals surface area contributed by atoms with Crippen LogP contribution in [0.1, 0.15) is 4.88 Å². The fourth-order valence-corrected chi connectivity index (χ4v) is 3.87. The number of nitrogens with zero attached hydrogens (tertiary/aromatic N) is 1. The molecule has 132 valence electrons. The average molecular weight is 385 g/mol. The van der Waals surface area contributed by atoms with Gasteiger partial charge in [-0.1, -0.05) is 18.2 Å². The van der Waals surface area contributed by atoms with E-state index in [9.17, 15) is 8.42 Å². The molecule has 3 aromatic heterocycles. The Kier molecular flexibility index (Phi) is 4.26. The summed E-state index contributed by atoms with van der Waals surface area (Å²) >= 11 is 1.62. The molecule has 0 aliphatic heterocycles. The Balaban J connectivity index is 1.72. The summed E-state index contributed by atoms with van der Waals surface area (Å²) in [5.41, 5.74) is 2.02. The standard InChI is InChI=1S/C19H15NO4S2/c1-26(21,22)16-6-4-13(5-7-16)18-19-14(8-9-23-19)11-17(20-18)24-12-15-3-2-10-25-15/h2-11H,12H2,1H3. The molecule has 0 unspecified atom stereocenters. The first kappa shape index (κ1) is 16.8. The highest BCUT2D eigenvalue weighted by Crippen LogP contribution is 2.31. The largest absolute Gasteiger partial charge is 0.472 e. The van der Waals surface area contributed by atoms with Crippen LogP contribution in [0.2, 0.25) is 0 Å². The van der Waals surface area contributed by atoms with E-state index >= 15 is 0 Å². The summed E-state index contributed by atoms with van der Waals surface area (Å²) < 4.78 is 34.7. The smallest absolute Gasteiger partial charge is 0.215 e. The molecule has 0 saturated heterocycles. The van der Waals surface area contributed by atoms with Gasteiger partial charge in [0.05, 0.1) is 11.2 Å². The van der Waals surface area contributed by atoms with Crippen molar-refractivity contribution in [1.82, 2.24) is 4.98 Å². The number of fused-ring (bicyclic) bond motifs is 1. The molecular weight excluding hydrogens is 370 g/mol. The molecule has 0 atom stereocenters. The van der Waals surface area contributed by atoms with Crippen LogP contribution >= 0.6 is 11.3 Å². The van der Waals surface area contributed by atoms with E-state index in [1.54, 1.807) is 41.9 Å². The summed E-state index contributed by atoms with van der Waals surface area (Å²) in [4.78, 5) is 5.95. The summed E-state index contributed by atoms with van der Waals surface area (Å²) in [5, 5.41) is 2.88. The first-order valence-corrected chi connectivity index (χ1v) is 10.6. The topological polar surface area (TPSA) is 69.4 Å². The molecule has 3 heterocycles. The summed E-state index contributed by atoms with van der Waals surface area (Å²) in [5.74, 6) is 0.495. The Bertz CT molecular complexity index is 1140. The minimum atomic E-state index is -3.24. The Hall–Kier alpha value is -2.64. The number of hydrogen-bond donors (Lipinski definition) is 0. The molecule has 7 heteroatoms. The van der Waals surface area contributed by atoms with Gasteiger partial charge in [-0.25, -0.2) is 13.4 Å². The van der Waals surface area contributed by atoms with Crippen LogP contribution in [-0.4, -0.2) is 19.7 Å². The number of pyridine rings is 1. The van der Waals surface area contributed by atoms with Crippen molar-refractivity contribution < 1.29 is 17.6 Å². The maximum atomic E-state index is 11.7. The molecule has 0 N–H and O–H groups in total. The maximum absolute atomic E-state index is 11.7. The Morgan fingerprint density at radius 3 is 2.65 bits per heavy atom. The quantitative estimate of drug-likeness (QED) is 0.504. The number of rotatable bonds is 5. The second-order valence-electron chi connectivity index (χ2n) is 5.81.